The molecule has 1 aliphatic rings. The summed E-state index contributed by atoms with van der Waals surface area (Å²) in [7, 11) is 0. The van der Waals surface area contributed by atoms with Crippen LogP contribution in [0.4, 0.5) is 0 Å². The smallest absolute Gasteiger partial charge is 0.328 e. The van der Waals surface area contributed by atoms with Crippen molar-refractivity contribution < 1.29 is 54.0 Å². The van der Waals surface area contributed by atoms with Crippen LogP contribution in [0, 0.1) is 5.92 Å². The number of hydrogen-bond donors (Lipinski definition) is 10. The first kappa shape index (κ1) is 42.4. The van der Waals surface area contributed by atoms with Crippen molar-refractivity contribution in [3.05, 3.63) is 29.8 Å². The zero-order valence-electron chi connectivity index (χ0n) is 29.4. The number of phenols is 1. The minimum atomic E-state index is -1.66. The first-order chi connectivity index (χ1) is 23.9. The van der Waals surface area contributed by atoms with Crippen molar-refractivity contribution >= 4 is 41.4 Å². The summed E-state index contributed by atoms with van der Waals surface area (Å²) in [6, 6.07) is -3.16. The van der Waals surface area contributed by atoms with E-state index in [1.165, 1.54) is 49.9 Å². The van der Waals surface area contributed by atoms with Crippen LogP contribution in [0.25, 0.3) is 0 Å². The Bertz CT molecular complexity index is 1410. The fraction of sp³-hybridized carbons (Fsp3) is 0.606. The number of carboxylic acid groups (broad SMARTS) is 1. The van der Waals surface area contributed by atoms with E-state index in [-0.39, 0.29) is 12.2 Å². The lowest BCUT2D eigenvalue weighted by Crippen LogP contribution is -2.62. The topological polar surface area (TPSA) is 290 Å². The molecule has 1 aromatic carbocycles. The molecule has 0 radical (unpaired) electrons. The summed E-state index contributed by atoms with van der Waals surface area (Å²) < 4.78 is 0. The van der Waals surface area contributed by atoms with Gasteiger partial charge >= 0.3 is 5.97 Å². The van der Waals surface area contributed by atoms with Crippen molar-refractivity contribution in [3.63, 3.8) is 0 Å². The van der Waals surface area contributed by atoms with Gasteiger partial charge in [-0.25, -0.2) is 4.79 Å². The van der Waals surface area contributed by atoms with Crippen LogP contribution in [0.5, 0.6) is 5.75 Å². The fourth-order valence-electron chi connectivity index (χ4n) is 5.36. The third-order valence-corrected chi connectivity index (χ3v) is 8.64. The van der Waals surface area contributed by atoms with E-state index in [9.17, 15) is 54.0 Å². The molecule has 1 fully saturated rings. The molecule has 0 saturated carbocycles. The van der Waals surface area contributed by atoms with Crippen LogP contribution in [0.2, 0.25) is 0 Å². The van der Waals surface area contributed by atoms with E-state index in [1.54, 1.807) is 13.8 Å². The van der Waals surface area contributed by atoms with Gasteiger partial charge in [-0.2, -0.15) is 0 Å². The van der Waals surface area contributed by atoms with E-state index < -0.39 is 102 Å². The Kier molecular flexibility index (Phi) is 16.2. The molecular formula is C33H51N7O11. The van der Waals surface area contributed by atoms with Gasteiger partial charge in [-0.1, -0.05) is 32.4 Å². The number of carboxylic acids is 1. The number of nitrogens with two attached hydrogens (primary N) is 1. The van der Waals surface area contributed by atoms with E-state index in [2.05, 4.69) is 26.6 Å². The van der Waals surface area contributed by atoms with E-state index in [1.807, 2.05) is 0 Å². The summed E-state index contributed by atoms with van der Waals surface area (Å²) in [5, 5.41) is 50.7. The second kappa shape index (κ2) is 19.5. The lowest BCUT2D eigenvalue weighted by molar-refractivity contribution is -0.143. The summed E-state index contributed by atoms with van der Waals surface area (Å²) in [4.78, 5) is 91.6. The third kappa shape index (κ3) is 12.2. The molecule has 0 aliphatic carbocycles. The maximum atomic E-state index is 13.5. The van der Waals surface area contributed by atoms with Crippen LogP contribution in [0.3, 0.4) is 0 Å². The van der Waals surface area contributed by atoms with Crippen LogP contribution < -0.4 is 32.3 Å². The number of aromatic hydroxyl groups is 1. The highest BCUT2D eigenvalue weighted by Crippen LogP contribution is 2.20. The Morgan fingerprint density at radius 1 is 0.843 bits per heavy atom. The lowest BCUT2D eigenvalue weighted by Gasteiger charge is -2.31. The molecule has 0 aromatic heterocycles. The highest BCUT2D eigenvalue weighted by atomic mass is 16.4. The third-order valence-electron chi connectivity index (χ3n) is 8.64. The molecule has 9 atom stereocenters. The molecule has 2 rings (SSSR count). The minimum Gasteiger partial charge on any atom is -0.508 e. The number of benzene rings is 1. The van der Waals surface area contributed by atoms with Crippen molar-refractivity contribution in [1.82, 2.24) is 31.5 Å². The normalized spacial score (nSPS) is 18.8. The summed E-state index contributed by atoms with van der Waals surface area (Å²) in [5.74, 6) is -6.57. The number of hydrogen-bond acceptors (Lipinski definition) is 11. The average molecular weight is 722 g/mol. The monoisotopic (exact) mass is 721 g/mol. The number of aliphatic carboxylic acids is 1. The summed E-state index contributed by atoms with van der Waals surface area (Å²) in [6.45, 7) is 6.93. The molecule has 1 aromatic rings. The number of carbonyl (C=O) groups is 7. The van der Waals surface area contributed by atoms with Crippen LogP contribution in [0.1, 0.15) is 59.4 Å². The second-order valence-electron chi connectivity index (χ2n) is 12.8. The predicted molar refractivity (Wildman–Crippen MR) is 181 cm³/mol. The van der Waals surface area contributed by atoms with Crippen LogP contribution in [0.15, 0.2) is 24.3 Å². The zero-order chi connectivity index (χ0) is 38.6. The first-order valence-electron chi connectivity index (χ1n) is 16.8. The number of likely N-dealkylation sites (tertiary alicyclic amines) is 1. The number of carbonyl (C=O) groups excluding carboxylic acids is 6. The average Bonchev–Trinajstić information content (AvgIpc) is 3.57. The highest BCUT2D eigenvalue weighted by Gasteiger charge is 2.39. The Morgan fingerprint density at radius 3 is 1.96 bits per heavy atom. The van der Waals surface area contributed by atoms with Gasteiger partial charge < -0.3 is 57.6 Å². The summed E-state index contributed by atoms with van der Waals surface area (Å²) in [5.41, 5.74) is 6.21. The van der Waals surface area contributed by atoms with E-state index >= 15 is 0 Å². The maximum absolute atomic E-state index is 13.5. The van der Waals surface area contributed by atoms with Crippen LogP contribution in [-0.4, -0.2) is 128 Å². The van der Waals surface area contributed by atoms with Gasteiger partial charge in [-0.05, 0) is 57.2 Å². The lowest BCUT2D eigenvalue weighted by atomic mass is 9.97. The van der Waals surface area contributed by atoms with Crippen LogP contribution >= 0.6 is 0 Å². The molecule has 51 heavy (non-hydrogen) atoms. The molecule has 284 valence electrons. The second-order valence-corrected chi connectivity index (χ2v) is 12.8. The number of phenolic OH excluding ortho intramolecular Hbond substituents is 1. The molecule has 9 unspecified atom stereocenters. The zero-order valence-corrected chi connectivity index (χ0v) is 29.4. The predicted octanol–water partition coefficient (Wildman–Crippen LogP) is -2.78. The van der Waals surface area contributed by atoms with Gasteiger partial charge in [0.1, 0.15) is 42.0 Å². The summed E-state index contributed by atoms with van der Waals surface area (Å²) in [6.07, 6.45) is -0.245. The number of nitrogens with one attached hydrogen (secondary N) is 5. The number of amides is 6. The largest absolute Gasteiger partial charge is 0.508 e. The Hall–Kier alpha value is -4.81. The van der Waals surface area contributed by atoms with Gasteiger partial charge in [0.05, 0.1) is 18.8 Å². The van der Waals surface area contributed by atoms with E-state index in [4.69, 9.17) is 5.73 Å². The van der Waals surface area contributed by atoms with Gasteiger partial charge in [-0.3, -0.25) is 28.8 Å². The van der Waals surface area contributed by atoms with Crippen molar-refractivity contribution in [2.24, 2.45) is 11.7 Å². The maximum Gasteiger partial charge on any atom is 0.328 e. The molecule has 1 saturated heterocycles. The molecule has 18 heteroatoms. The van der Waals surface area contributed by atoms with Crippen molar-refractivity contribution in [2.75, 3.05) is 13.2 Å². The molecule has 18 nitrogen and oxygen atoms in total. The molecule has 6 amide bonds. The Morgan fingerprint density at radius 2 is 1.43 bits per heavy atom. The van der Waals surface area contributed by atoms with Gasteiger partial charge in [-0.15, -0.1) is 0 Å². The SMILES string of the molecule is CCC(C)C(NC(=O)C1CCCN1C(=O)C(C)N)C(=O)NC(C(=O)NC(C)C(=O)NC(Cc1ccc(O)cc1)C(=O)NC(CO)C(=O)O)C(C)O. The minimum absolute atomic E-state index is 0.0573. The van der Waals surface area contributed by atoms with Crippen molar-refractivity contribution in [1.29, 1.82) is 0 Å². The molecule has 1 aliphatic heterocycles. The number of rotatable bonds is 18. The van der Waals surface area contributed by atoms with Crippen molar-refractivity contribution in [3.8, 4) is 5.75 Å². The first-order valence-corrected chi connectivity index (χ1v) is 16.8. The Labute approximate surface area is 295 Å². The molecule has 11 N–H and O–H groups in total. The molecule has 1 heterocycles. The Balaban J connectivity index is 2.18. The standard InChI is InChI=1S/C33H51N7O11/c1-6-16(2)25(38-29(46)24-8-7-13-40(24)32(49)17(3)34)30(47)39-26(19(5)42)31(48)35-18(4)27(44)36-22(14-20-9-11-21(43)12-10-20)28(45)37-23(15-41)33(50)51/h9-12,16-19,22-26,41-43H,6-8,13-15,34H2,1-5H3,(H,35,48)(H,36,44)(H,37,45)(H,38,46)(H,39,47)(H,50,51). The summed E-state index contributed by atoms with van der Waals surface area (Å²) >= 11 is 0. The number of nitrogens with zero attached hydrogens (tertiary/aromatic N) is 1. The molecular weight excluding hydrogens is 670 g/mol. The fourth-order valence-corrected chi connectivity index (χ4v) is 5.36. The van der Waals surface area contributed by atoms with Gasteiger partial charge in [0.25, 0.3) is 0 Å². The van der Waals surface area contributed by atoms with Gasteiger partial charge in [0.15, 0.2) is 0 Å². The van der Waals surface area contributed by atoms with E-state index in [0.29, 0.717) is 31.4 Å². The van der Waals surface area contributed by atoms with Crippen LogP contribution in [-0.2, 0) is 40.0 Å². The molecule has 0 spiro atoms. The van der Waals surface area contributed by atoms with Gasteiger partial charge in [0, 0.05) is 13.0 Å². The van der Waals surface area contributed by atoms with Gasteiger partial charge in [0.2, 0.25) is 35.4 Å². The van der Waals surface area contributed by atoms with E-state index in [0.717, 1.165) is 0 Å². The van der Waals surface area contributed by atoms with Crippen molar-refractivity contribution in [2.45, 2.75) is 109 Å². The molecule has 0 bridgehead atoms. The number of aliphatic hydroxyl groups is 2. The number of aliphatic hydroxyl groups excluding tert-OH is 2. The quantitative estimate of drug-likeness (QED) is 0.0737. The highest BCUT2D eigenvalue weighted by molar-refractivity contribution is 5.97.